The number of allylic oxidation sites excluding steroid dienone is 3. The molecule has 1 heterocycles. The molecule has 0 amide bonds. The summed E-state index contributed by atoms with van der Waals surface area (Å²) in [4.78, 5) is 13.0. The number of ketones is 1. The molecule has 5 atom stereocenters. The Balaban J connectivity index is 2.04. The Labute approximate surface area is 139 Å². The highest BCUT2D eigenvalue weighted by Gasteiger charge is 2.61. The van der Waals surface area contributed by atoms with Gasteiger partial charge >= 0.3 is 0 Å². The normalized spacial score (nSPS) is 49.9. The standard InChI is InChI=1S/C20H30O3/c1-13-7-6-11-19(4)17(23-19)16(21)15-9-8-14(2)18(3,12-10-13)20(15,5)22/h7,9,14,17,22H,6,8,10-12H2,1-5H3/b13-7+/t14-,17-,18+,19-,20+/m0/s1. The lowest BCUT2D eigenvalue weighted by Gasteiger charge is -2.51. The van der Waals surface area contributed by atoms with Gasteiger partial charge in [0.25, 0.3) is 0 Å². The third-order valence-corrected chi connectivity index (χ3v) is 6.96. The molecule has 1 N–H and O–H groups in total. The maximum Gasteiger partial charge on any atom is 0.193 e. The van der Waals surface area contributed by atoms with Crippen molar-refractivity contribution in [1.29, 1.82) is 0 Å². The van der Waals surface area contributed by atoms with Crippen molar-refractivity contribution in [3.8, 4) is 0 Å². The van der Waals surface area contributed by atoms with E-state index in [0.29, 0.717) is 11.5 Å². The van der Waals surface area contributed by atoms with Crippen molar-refractivity contribution in [2.75, 3.05) is 0 Å². The van der Waals surface area contributed by atoms with Gasteiger partial charge in [-0.3, -0.25) is 4.79 Å². The molecule has 0 aromatic rings. The number of aliphatic hydroxyl groups is 1. The monoisotopic (exact) mass is 318 g/mol. The number of rotatable bonds is 0. The lowest BCUT2D eigenvalue weighted by molar-refractivity contribution is -0.125. The first-order chi connectivity index (χ1) is 10.6. The van der Waals surface area contributed by atoms with Gasteiger partial charge in [-0.2, -0.15) is 0 Å². The van der Waals surface area contributed by atoms with E-state index in [-0.39, 0.29) is 22.9 Å². The van der Waals surface area contributed by atoms with Crippen LogP contribution in [0.1, 0.15) is 66.7 Å². The zero-order valence-electron chi connectivity index (χ0n) is 15.1. The van der Waals surface area contributed by atoms with Crippen LogP contribution in [0.4, 0.5) is 0 Å². The Bertz CT molecular complexity index is 586. The summed E-state index contributed by atoms with van der Waals surface area (Å²) in [5.74, 6) is 0.341. The van der Waals surface area contributed by atoms with Crippen LogP contribution in [0.15, 0.2) is 23.3 Å². The Morgan fingerprint density at radius 2 is 1.91 bits per heavy atom. The first-order valence-corrected chi connectivity index (χ1v) is 8.92. The zero-order valence-corrected chi connectivity index (χ0v) is 15.1. The number of fused-ring (bicyclic) bond motifs is 3. The Morgan fingerprint density at radius 3 is 2.61 bits per heavy atom. The molecule has 3 nitrogen and oxygen atoms in total. The van der Waals surface area contributed by atoms with Crippen LogP contribution in [0.25, 0.3) is 0 Å². The van der Waals surface area contributed by atoms with E-state index in [1.807, 2.05) is 19.9 Å². The Kier molecular flexibility index (Phi) is 3.89. The van der Waals surface area contributed by atoms with Gasteiger partial charge in [0.2, 0.25) is 0 Å². The molecule has 1 saturated heterocycles. The second kappa shape index (κ2) is 5.29. The van der Waals surface area contributed by atoms with Crippen molar-refractivity contribution in [2.24, 2.45) is 11.3 Å². The summed E-state index contributed by atoms with van der Waals surface area (Å²) in [5.41, 5.74) is 0.191. The van der Waals surface area contributed by atoms with E-state index in [0.717, 1.165) is 32.1 Å². The fourth-order valence-corrected chi connectivity index (χ4v) is 4.43. The molecule has 1 fully saturated rings. The van der Waals surface area contributed by atoms with Gasteiger partial charge in [0.1, 0.15) is 11.7 Å². The molecule has 3 aliphatic rings. The zero-order chi connectivity index (χ0) is 17.0. The molecule has 2 aliphatic carbocycles. The molecule has 0 unspecified atom stereocenters. The van der Waals surface area contributed by atoms with Gasteiger partial charge in [-0.1, -0.05) is 31.6 Å². The van der Waals surface area contributed by atoms with Crippen LogP contribution in [0.3, 0.4) is 0 Å². The number of ether oxygens (including phenoxy) is 1. The summed E-state index contributed by atoms with van der Waals surface area (Å²) in [5, 5.41) is 11.4. The van der Waals surface area contributed by atoms with Gasteiger partial charge in [-0.25, -0.2) is 0 Å². The first kappa shape index (κ1) is 16.9. The van der Waals surface area contributed by atoms with Gasteiger partial charge in [-0.15, -0.1) is 0 Å². The minimum atomic E-state index is -1.10. The quantitative estimate of drug-likeness (QED) is 0.543. The highest BCUT2D eigenvalue weighted by molar-refractivity contribution is 6.03. The summed E-state index contributed by atoms with van der Waals surface area (Å²) >= 11 is 0. The summed E-state index contributed by atoms with van der Waals surface area (Å²) in [6.07, 6.45) is 8.39. The van der Waals surface area contributed by atoms with Gasteiger partial charge in [0.05, 0.1) is 5.60 Å². The molecule has 0 aromatic heterocycles. The lowest BCUT2D eigenvalue weighted by atomic mass is 9.56. The smallest absolute Gasteiger partial charge is 0.193 e. The van der Waals surface area contributed by atoms with Crippen molar-refractivity contribution < 1.29 is 14.6 Å². The molecule has 23 heavy (non-hydrogen) atoms. The highest BCUT2D eigenvalue weighted by Crippen LogP contribution is 2.54. The van der Waals surface area contributed by atoms with Crippen molar-refractivity contribution in [1.82, 2.24) is 0 Å². The summed E-state index contributed by atoms with van der Waals surface area (Å²) < 4.78 is 5.78. The number of Topliss-reactive ketones (excluding diaryl/α,β-unsaturated/α-hetero) is 1. The van der Waals surface area contributed by atoms with E-state index in [2.05, 4.69) is 26.8 Å². The van der Waals surface area contributed by atoms with Crippen LogP contribution in [-0.2, 0) is 9.53 Å². The second-order valence-electron chi connectivity index (χ2n) is 8.51. The predicted octanol–water partition coefficient (Wildman–Crippen LogP) is 3.96. The van der Waals surface area contributed by atoms with Crippen LogP contribution in [0.5, 0.6) is 0 Å². The number of epoxide rings is 1. The first-order valence-electron chi connectivity index (χ1n) is 8.92. The second-order valence-corrected chi connectivity index (χ2v) is 8.51. The molecule has 0 aromatic carbocycles. The molecule has 0 radical (unpaired) electrons. The topological polar surface area (TPSA) is 49.8 Å². The molecule has 3 heteroatoms. The van der Waals surface area contributed by atoms with Crippen molar-refractivity contribution >= 4 is 5.78 Å². The molecule has 3 rings (SSSR count). The fourth-order valence-electron chi connectivity index (χ4n) is 4.43. The summed E-state index contributed by atoms with van der Waals surface area (Å²) in [7, 11) is 0. The Morgan fingerprint density at radius 1 is 1.22 bits per heavy atom. The van der Waals surface area contributed by atoms with E-state index in [4.69, 9.17) is 4.74 Å². The van der Waals surface area contributed by atoms with E-state index >= 15 is 0 Å². The summed E-state index contributed by atoms with van der Waals surface area (Å²) in [6.45, 7) is 10.4. The molecular formula is C20H30O3. The molecule has 1 aliphatic heterocycles. The molecular weight excluding hydrogens is 288 g/mol. The van der Waals surface area contributed by atoms with E-state index in [1.165, 1.54) is 5.57 Å². The Hall–Kier alpha value is -0.930. The third kappa shape index (κ3) is 2.53. The maximum absolute atomic E-state index is 13.0. The maximum atomic E-state index is 13.0. The minimum absolute atomic E-state index is 0.00287. The fraction of sp³-hybridized carbons (Fsp3) is 0.750. The molecule has 0 spiro atoms. The molecule has 2 bridgehead atoms. The van der Waals surface area contributed by atoms with Gasteiger partial charge in [0.15, 0.2) is 5.78 Å². The van der Waals surface area contributed by atoms with E-state index in [9.17, 15) is 9.90 Å². The highest BCUT2D eigenvalue weighted by atomic mass is 16.6. The summed E-state index contributed by atoms with van der Waals surface area (Å²) in [6, 6.07) is 0. The van der Waals surface area contributed by atoms with E-state index < -0.39 is 5.60 Å². The van der Waals surface area contributed by atoms with Crippen molar-refractivity contribution in [3.05, 3.63) is 23.3 Å². The van der Waals surface area contributed by atoms with Crippen LogP contribution >= 0.6 is 0 Å². The third-order valence-electron chi connectivity index (χ3n) is 6.96. The van der Waals surface area contributed by atoms with Crippen LogP contribution in [0.2, 0.25) is 0 Å². The lowest BCUT2D eigenvalue weighted by Crippen LogP contribution is -2.54. The predicted molar refractivity (Wildman–Crippen MR) is 91.1 cm³/mol. The molecule has 128 valence electrons. The van der Waals surface area contributed by atoms with Gasteiger partial charge in [-0.05, 0) is 58.8 Å². The largest absolute Gasteiger partial charge is 0.385 e. The minimum Gasteiger partial charge on any atom is -0.385 e. The van der Waals surface area contributed by atoms with Crippen molar-refractivity contribution in [3.63, 3.8) is 0 Å². The van der Waals surface area contributed by atoms with Crippen molar-refractivity contribution in [2.45, 2.75) is 84.0 Å². The van der Waals surface area contributed by atoms with Crippen LogP contribution in [0, 0.1) is 11.3 Å². The number of carbonyl (C=O) groups is 1. The number of hydrogen-bond donors (Lipinski definition) is 1. The average Bonchev–Trinajstić information content (AvgIpc) is 3.14. The van der Waals surface area contributed by atoms with Gasteiger partial charge in [0, 0.05) is 11.0 Å². The average molecular weight is 318 g/mol. The SMILES string of the molecule is C/C1=C\CC[C@]2(C)O[C@H]2C(=O)C2=CC[C@H](C)[C@@](C)(CC1)[C@]2(C)O. The van der Waals surface area contributed by atoms with E-state index in [1.54, 1.807) is 0 Å². The number of carbonyl (C=O) groups excluding carboxylic acids is 1. The van der Waals surface area contributed by atoms with Gasteiger partial charge < -0.3 is 9.84 Å². The van der Waals surface area contributed by atoms with Crippen LogP contribution in [-0.4, -0.2) is 28.2 Å². The number of hydrogen-bond acceptors (Lipinski definition) is 3. The van der Waals surface area contributed by atoms with Crippen LogP contribution < -0.4 is 0 Å². The molecule has 0 saturated carbocycles.